The zero-order valence-electron chi connectivity index (χ0n) is 10.1. The molecule has 2 heterocycles. The van der Waals surface area contributed by atoms with Gasteiger partial charge in [0.05, 0.1) is 0 Å². The molecule has 1 atom stereocenters. The van der Waals surface area contributed by atoms with E-state index in [2.05, 4.69) is 16.8 Å². The van der Waals surface area contributed by atoms with E-state index in [1.165, 1.54) is 25.7 Å². The molecule has 1 unspecified atom stereocenters. The lowest BCUT2D eigenvalue weighted by Gasteiger charge is -2.29. The summed E-state index contributed by atoms with van der Waals surface area (Å²) in [4.78, 5) is 17.1. The fourth-order valence-electron chi connectivity index (χ4n) is 2.37. The van der Waals surface area contributed by atoms with Gasteiger partial charge in [-0.15, -0.1) is 0 Å². The van der Waals surface area contributed by atoms with Gasteiger partial charge in [0.1, 0.15) is 5.69 Å². The summed E-state index contributed by atoms with van der Waals surface area (Å²) in [5, 5.41) is 8.95. The smallest absolute Gasteiger partial charge is 0.354 e. The van der Waals surface area contributed by atoms with E-state index in [-0.39, 0.29) is 5.69 Å². The number of nitrogens with zero attached hydrogens (tertiary/aromatic N) is 2. The van der Waals surface area contributed by atoms with Crippen molar-refractivity contribution in [2.75, 3.05) is 11.4 Å². The molecule has 92 valence electrons. The molecule has 0 saturated carbocycles. The van der Waals surface area contributed by atoms with E-state index < -0.39 is 5.97 Å². The molecule has 4 heteroatoms. The minimum absolute atomic E-state index is 0.124. The maximum absolute atomic E-state index is 10.9. The van der Waals surface area contributed by atoms with Crippen LogP contribution < -0.4 is 4.90 Å². The van der Waals surface area contributed by atoms with Crippen LogP contribution >= 0.6 is 0 Å². The molecule has 1 aromatic rings. The summed E-state index contributed by atoms with van der Waals surface area (Å²) < 4.78 is 0. The molecule has 4 nitrogen and oxygen atoms in total. The molecule has 0 aromatic carbocycles. The van der Waals surface area contributed by atoms with Gasteiger partial charge < -0.3 is 10.0 Å². The van der Waals surface area contributed by atoms with Crippen molar-refractivity contribution in [1.29, 1.82) is 0 Å². The Balaban J connectivity index is 2.25. The van der Waals surface area contributed by atoms with Crippen molar-refractivity contribution < 1.29 is 9.90 Å². The van der Waals surface area contributed by atoms with Gasteiger partial charge in [0.2, 0.25) is 0 Å². The quantitative estimate of drug-likeness (QED) is 0.854. The second kappa shape index (κ2) is 5.17. The second-order valence-electron chi connectivity index (χ2n) is 4.60. The van der Waals surface area contributed by atoms with Gasteiger partial charge in [0.25, 0.3) is 0 Å². The fraction of sp³-hybridized carbons (Fsp3) is 0.538. The van der Waals surface area contributed by atoms with Crippen LogP contribution in [0.1, 0.15) is 43.1 Å². The number of carboxylic acids is 1. The first kappa shape index (κ1) is 11.9. The van der Waals surface area contributed by atoms with Crippen molar-refractivity contribution in [1.82, 2.24) is 4.98 Å². The molecule has 0 aliphatic carbocycles. The standard InChI is InChI=1S/C13H18N2O2/c1-10-5-3-2-4-8-15(10)11-6-7-14-12(9-11)13(16)17/h6-7,9-10H,2-5,8H2,1H3,(H,16,17). The Bertz CT molecular complexity index is 406. The Labute approximate surface area is 101 Å². The first-order valence-corrected chi connectivity index (χ1v) is 6.14. The lowest BCUT2D eigenvalue weighted by atomic mass is 10.1. The summed E-state index contributed by atoms with van der Waals surface area (Å²) >= 11 is 0. The number of anilines is 1. The molecular formula is C13H18N2O2. The normalized spacial score (nSPS) is 21.0. The molecule has 0 spiro atoms. The number of pyridine rings is 1. The third kappa shape index (κ3) is 2.75. The van der Waals surface area contributed by atoms with Crippen LogP contribution in [-0.2, 0) is 0 Å². The van der Waals surface area contributed by atoms with Gasteiger partial charge in [0, 0.05) is 24.5 Å². The monoisotopic (exact) mass is 234 g/mol. The van der Waals surface area contributed by atoms with Gasteiger partial charge in [-0.25, -0.2) is 9.78 Å². The van der Waals surface area contributed by atoms with Crippen molar-refractivity contribution in [2.45, 2.75) is 38.6 Å². The van der Waals surface area contributed by atoms with E-state index in [1.807, 2.05) is 6.07 Å². The average molecular weight is 234 g/mol. The number of carboxylic acid groups (broad SMARTS) is 1. The van der Waals surface area contributed by atoms with E-state index in [1.54, 1.807) is 12.3 Å². The van der Waals surface area contributed by atoms with Crippen molar-refractivity contribution in [2.24, 2.45) is 0 Å². The molecule has 1 aromatic heterocycles. The zero-order chi connectivity index (χ0) is 12.3. The Kier molecular flexibility index (Phi) is 3.61. The topological polar surface area (TPSA) is 53.4 Å². The number of carbonyl (C=O) groups is 1. The van der Waals surface area contributed by atoms with Gasteiger partial charge in [0.15, 0.2) is 0 Å². The minimum atomic E-state index is -0.964. The Morgan fingerprint density at radius 2 is 2.29 bits per heavy atom. The molecule has 1 fully saturated rings. The summed E-state index contributed by atoms with van der Waals surface area (Å²) in [5.74, 6) is -0.964. The van der Waals surface area contributed by atoms with E-state index in [0.717, 1.165) is 12.2 Å². The third-order valence-corrected chi connectivity index (χ3v) is 3.35. The molecule has 1 aliphatic heterocycles. The third-order valence-electron chi connectivity index (χ3n) is 3.35. The number of rotatable bonds is 2. The van der Waals surface area contributed by atoms with Crippen LogP contribution in [0.4, 0.5) is 5.69 Å². The van der Waals surface area contributed by atoms with Gasteiger partial charge in [-0.05, 0) is 31.9 Å². The van der Waals surface area contributed by atoms with Crippen LogP contribution in [0.15, 0.2) is 18.3 Å². The van der Waals surface area contributed by atoms with Gasteiger partial charge in [-0.2, -0.15) is 0 Å². The molecule has 0 radical (unpaired) electrons. The number of hydrogen-bond acceptors (Lipinski definition) is 3. The summed E-state index contributed by atoms with van der Waals surface area (Å²) in [7, 11) is 0. The highest BCUT2D eigenvalue weighted by molar-refractivity contribution is 5.86. The first-order valence-electron chi connectivity index (χ1n) is 6.14. The summed E-state index contributed by atoms with van der Waals surface area (Å²) in [5.41, 5.74) is 1.10. The van der Waals surface area contributed by atoms with Crippen LogP contribution in [0.3, 0.4) is 0 Å². The molecule has 1 saturated heterocycles. The van der Waals surface area contributed by atoms with E-state index >= 15 is 0 Å². The zero-order valence-corrected chi connectivity index (χ0v) is 10.1. The van der Waals surface area contributed by atoms with E-state index in [4.69, 9.17) is 5.11 Å². The number of hydrogen-bond donors (Lipinski definition) is 1. The molecule has 1 aliphatic rings. The molecule has 0 bridgehead atoms. The fourth-order valence-corrected chi connectivity index (χ4v) is 2.37. The predicted molar refractivity (Wildman–Crippen MR) is 66.5 cm³/mol. The average Bonchev–Trinajstić information content (AvgIpc) is 2.54. The molecule has 0 amide bonds. The molecule has 1 N–H and O–H groups in total. The van der Waals surface area contributed by atoms with E-state index in [9.17, 15) is 4.79 Å². The Hall–Kier alpha value is -1.58. The van der Waals surface area contributed by atoms with Gasteiger partial charge in [-0.3, -0.25) is 0 Å². The highest BCUT2D eigenvalue weighted by Gasteiger charge is 2.18. The molecule has 2 rings (SSSR count). The maximum Gasteiger partial charge on any atom is 0.354 e. The summed E-state index contributed by atoms with van der Waals surface area (Å²) in [6.07, 6.45) is 6.45. The van der Waals surface area contributed by atoms with Crippen molar-refractivity contribution in [3.05, 3.63) is 24.0 Å². The van der Waals surface area contributed by atoms with E-state index in [0.29, 0.717) is 6.04 Å². The van der Waals surface area contributed by atoms with Crippen LogP contribution in [0.25, 0.3) is 0 Å². The Morgan fingerprint density at radius 1 is 1.47 bits per heavy atom. The lowest BCUT2D eigenvalue weighted by molar-refractivity contribution is 0.0690. The highest BCUT2D eigenvalue weighted by atomic mass is 16.4. The maximum atomic E-state index is 10.9. The largest absolute Gasteiger partial charge is 0.477 e. The highest BCUT2D eigenvalue weighted by Crippen LogP contribution is 2.24. The van der Waals surface area contributed by atoms with Crippen molar-refractivity contribution in [3.63, 3.8) is 0 Å². The SMILES string of the molecule is CC1CCCCCN1c1ccnc(C(=O)O)c1. The van der Waals surface area contributed by atoms with Gasteiger partial charge in [-0.1, -0.05) is 12.8 Å². The minimum Gasteiger partial charge on any atom is -0.477 e. The molecular weight excluding hydrogens is 216 g/mol. The van der Waals surface area contributed by atoms with Crippen LogP contribution in [0, 0.1) is 0 Å². The predicted octanol–water partition coefficient (Wildman–Crippen LogP) is 2.55. The first-order chi connectivity index (χ1) is 8.18. The number of aromatic carboxylic acids is 1. The number of aromatic nitrogens is 1. The molecule has 17 heavy (non-hydrogen) atoms. The lowest BCUT2D eigenvalue weighted by Crippen LogP contribution is -2.32. The summed E-state index contributed by atoms with van der Waals surface area (Å²) in [6.45, 7) is 3.20. The summed E-state index contributed by atoms with van der Waals surface area (Å²) in [6, 6.07) is 4.04. The second-order valence-corrected chi connectivity index (χ2v) is 4.60. The van der Waals surface area contributed by atoms with Gasteiger partial charge >= 0.3 is 5.97 Å². The van der Waals surface area contributed by atoms with Crippen molar-refractivity contribution >= 4 is 11.7 Å². The van der Waals surface area contributed by atoms with Crippen LogP contribution in [0.2, 0.25) is 0 Å². The van der Waals surface area contributed by atoms with Crippen LogP contribution in [-0.4, -0.2) is 28.6 Å². The Morgan fingerprint density at radius 3 is 3.06 bits per heavy atom. The van der Waals surface area contributed by atoms with Crippen LogP contribution in [0.5, 0.6) is 0 Å². The van der Waals surface area contributed by atoms with Crippen molar-refractivity contribution in [3.8, 4) is 0 Å².